The molecule has 180 valence electrons. The Morgan fingerprint density at radius 2 is 2.11 bits per heavy atom. The number of carbonyl (C=O) groups excluding carboxylic acids is 1. The molecule has 1 unspecified atom stereocenters. The van der Waals surface area contributed by atoms with Crippen LogP contribution in [0.25, 0.3) is 22.0 Å². The minimum absolute atomic E-state index is 0.279. The first-order chi connectivity index (χ1) is 16.8. The van der Waals surface area contributed by atoms with Crippen LogP contribution in [0.4, 0.5) is 20.4 Å². The van der Waals surface area contributed by atoms with Gasteiger partial charge in [-0.2, -0.15) is 5.10 Å². The molecular weight excluding hydrogens is 476 g/mol. The number of amides is 1. The predicted octanol–water partition coefficient (Wildman–Crippen LogP) is 3.52. The number of nitrogens with one attached hydrogen (secondary N) is 1. The summed E-state index contributed by atoms with van der Waals surface area (Å²) in [5.74, 6) is -0.0306. The van der Waals surface area contributed by atoms with Crippen LogP contribution in [-0.2, 0) is 16.9 Å². The van der Waals surface area contributed by atoms with Gasteiger partial charge in [-0.1, -0.05) is 18.2 Å². The third kappa shape index (κ3) is 4.62. The number of thiazole rings is 1. The second-order valence-electron chi connectivity index (χ2n) is 8.19. The maximum absolute atomic E-state index is 12.5. The van der Waals surface area contributed by atoms with E-state index in [-0.39, 0.29) is 11.9 Å². The summed E-state index contributed by atoms with van der Waals surface area (Å²) in [5, 5.41) is 20.4. The minimum Gasteiger partial charge on any atom is -0.375 e. The molecule has 5 rings (SSSR count). The molecule has 0 saturated carbocycles. The molecule has 0 bridgehead atoms. The maximum Gasteiger partial charge on any atom is 0.258 e. The van der Waals surface area contributed by atoms with Crippen molar-refractivity contribution in [2.24, 2.45) is 0 Å². The van der Waals surface area contributed by atoms with Gasteiger partial charge < -0.3 is 15.3 Å². The molecule has 4 heterocycles. The molecule has 0 spiro atoms. The van der Waals surface area contributed by atoms with Crippen LogP contribution in [-0.4, -0.2) is 60.7 Å². The summed E-state index contributed by atoms with van der Waals surface area (Å²) in [6, 6.07) is 8.94. The zero-order valence-corrected chi connectivity index (χ0v) is 19.4. The normalized spacial score (nSPS) is 18.0. The molecule has 3 aromatic heterocycles. The van der Waals surface area contributed by atoms with Gasteiger partial charge in [0.25, 0.3) is 12.3 Å². The predicted molar refractivity (Wildman–Crippen MR) is 126 cm³/mol. The highest BCUT2D eigenvalue weighted by Crippen LogP contribution is 2.36. The first-order valence-electron chi connectivity index (χ1n) is 10.8. The number of hydrogen-bond donors (Lipinski definition) is 2. The molecule has 2 N–H and O–H groups in total. The van der Waals surface area contributed by atoms with E-state index >= 15 is 0 Å². The average molecular weight is 498 g/mol. The summed E-state index contributed by atoms with van der Waals surface area (Å²) in [6.07, 6.45) is 2.30. The largest absolute Gasteiger partial charge is 0.375 e. The van der Waals surface area contributed by atoms with Crippen LogP contribution >= 0.6 is 11.3 Å². The zero-order chi connectivity index (χ0) is 24.6. The van der Waals surface area contributed by atoms with Crippen LogP contribution in [0, 0.1) is 0 Å². The lowest BCUT2D eigenvalue weighted by atomic mass is 9.91. The average Bonchev–Trinajstić information content (AvgIpc) is 3.57. The van der Waals surface area contributed by atoms with E-state index in [1.165, 1.54) is 28.6 Å². The Labute approximate surface area is 203 Å². The molecule has 1 aliphatic rings. The van der Waals surface area contributed by atoms with Crippen LogP contribution in [0.2, 0.25) is 0 Å². The molecule has 0 aliphatic carbocycles. The van der Waals surface area contributed by atoms with Crippen molar-refractivity contribution in [2.45, 2.75) is 25.0 Å². The Bertz CT molecular complexity index is 1380. The fourth-order valence-electron chi connectivity index (χ4n) is 3.92. The van der Waals surface area contributed by atoms with Gasteiger partial charge in [-0.25, -0.2) is 23.7 Å². The van der Waals surface area contributed by atoms with Gasteiger partial charge in [0.05, 0.1) is 17.6 Å². The van der Waals surface area contributed by atoms with Crippen molar-refractivity contribution in [1.29, 1.82) is 0 Å². The number of benzene rings is 1. The standard InChI is InChI=1S/C23H21F2N7O2S/c1-31-8-6-23(34,21(31)33)15-4-2-3-14(9-15)20-29-18(13-35-20)17-5-7-26-22(30-17)28-16-10-27-32(11-16)12-19(24)25/h2-5,7,9-11,13,19,34H,6,8,12H2,1H3,(H,26,28,30). The van der Waals surface area contributed by atoms with Gasteiger partial charge in [-0.3, -0.25) is 9.48 Å². The zero-order valence-electron chi connectivity index (χ0n) is 18.6. The van der Waals surface area contributed by atoms with Gasteiger partial charge in [0.2, 0.25) is 5.95 Å². The lowest BCUT2D eigenvalue weighted by molar-refractivity contribution is -0.143. The Hall–Kier alpha value is -3.77. The number of aliphatic hydroxyl groups is 1. The number of carbonyl (C=O) groups is 1. The Kier molecular flexibility index (Phi) is 5.99. The van der Waals surface area contributed by atoms with Gasteiger partial charge in [-0.15, -0.1) is 11.3 Å². The van der Waals surface area contributed by atoms with Gasteiger partial charge >= 0.3 is 0 Å². The van der Waals surface area contributed by atoms with E-state index in [0.29, 0.717) is 40.6 Å². The number of likely N-dealkylation sites (N-methyl/N-ethyl adjacent to an activating group) is 1. The monoisotopic (exact) mass is 497 g/mol. The highest BCUT2D eigenvalue weighted by Gasteiger charge is 2.45. The SMILES string of the molecule is CN1CCC(O)(c2cccc(-c3nc(-c4ccnc(Nc5cnn(CC(F)F)c5)n4)cs3)c2)C1=O. The van der Waals surface area contributed by atoms with E-state index in [1.54, 1.807) is 37.5 Å². The summed E-state index contributed by atoms with van der Waals surface area (Å²) in [7, 11) is 1.68. The molecule has 1 aliphatic heterocycles. The minimum atomic E-state index is -2.50. The highest BCUT2D eigenvalue weighted by molar-refractivity contribution is 7.13. The van der Waals surface area contributed by atoms with Gasteiger partial charge in [0.15, 0.2) is 5.60 Å². The Morgan fingerprint density at radius 1 is 1.26 bits per heavy atom. The third-order valence-electron chi connectivity index (χ3n) is 5.73. The molecule has 4 aromatic rings. The van der Waals surface area contributed by atoms with Crippen molar-refractivity contribution in [1.82, 2.24) is 29.6 Å². The fourth-order valence-corrected chi connectivity index (χ4v) is 4.73. The number of alkyl halides is 2. The number of nitrogens with zero attached hydrogens (tertiary/aromatic N) is 6. The van der Waals surface area contributed by atoms with E-state index in [9.17, 15) is 18.7 Å². The summed E-state index contributed by atoms with van der Waals surface area (Å²) in [4.78, 5) is 27.3. The molecular formula is C23H21F2N7O2S. The van der Waals surface area contributed by atoms with Crippen LogP contribution in [0.1, 0.15) is 12.0 Å². The lowest BCUT2D eigenvalue weighted by Gasteiger charge is -2.21. The molecule has 1 fully saturated rings. The molecule has 1 atom stereocenters. The molecule has 12 heteroatoms. The van der Waals surface area contributed by atoms with Gasteiger partial charge in [-0.05, 0) is 17.7 Å². The van der Waals surface area contributed by atoms with Gasteiger partial charge in [0, 0.05) is 43.4 Å². The molecule has 35 heavy (non-hydrogen) atoms. The van der Waals surface area contributed by atoms with Gasteiger partial charge in [0.1, 0.15) is 17.2 Å². The molecule has 1 saturated heterocycles. The first-order valence-corrected chi connectivity index (χ1v) is 11.7. The van der Waals surface area contributed by atoms with E-state index in [0.717, 1.165) is 10.2 Å². The van der Waals surface area contributed by atoms with E-state index in [4.69, 9.17) is 0 Å². The second kappa shape index (κ2) is 9.12. The molecule has 9 nitrogen and oxygen atoms in total. The van der Waals surface area contributed by atoms with E-state index < -0.39 is 18.6 Å². The van der Waals surface area contributed by atoms with Crippen molar-refractivity contribution in [2.75, 3.05) is 18.9 Å². The summed E-state index contributed by atoms with van der Waals surface area (Å²) >= 11 is 1.41. The first kappa shape index (κ1) is 23.0. The van der Waals surface area contributed by atoms with Crippen molar-refractivity contribution < 1.29 is 18.7 Å². The lowest BCUT2D eigenvalue weighted by Crippen LogP contribution is -2.36. The van der Waals surface area contributed by atoms with Crippen molar-refractivity contribution in [3.63, 3.8) is 0 Å². The maximum atomic E-state index is 12.5. The summed E-state index contributed by atoms with van der Waals surface area (Å²) < 4.78 is 26.2. The van der Waals surface area contributed by atoms with E-state index in [2.05, 4.69) is 25.4 Å². The highest BCUT2D eigenvalue weighted by atomic mass is 32.1. The number of likely N-dealkylation sites (tertiary alicyclic amines) is 1. The fraction of sp³-hybridized carbons (Fsp3) is 0.261. The number of hydrogen-bond acceptors (Lipinski definition) is 8. The second-order valence-corrected chi connectivity index (χ2v) is 9.05. The third-order valence-corrected chi connectivity index (χ3v) is 6.62. The molecule has 1 aromatic carbocycles. The van der Waals surface area contributed by atoms with Crippen LogP contribution in [0.3, 0.4) is 0 Å². The molecule has 0 radical (unpaired) electrons. The van der Waals surface area contributed by atoms with Crippen molar-refractivity contribution in [3.8, 4) is 22.0 Å². The summed E-state index contributed by atoms with van der Waals surface area (Å²) in [5.41, 5.74) is 1.50. The Balaban J connectivity index is 1.36. The van der Waals surface area contributed by atoms with E-state index in [1.807, 2.05) is 11.4 Å². The summed E-state index contributed by atoms with van der Waals surface area (Å²) in [6.45, 7) is 0.00564. The van der Waals surface area contributed by atoms with Crippen molar-refractivity contribution in [3.05, 3.63) is 59.9 Å². The number of anilines is 2. The van der Waals surface area contributed by atoms with Crippen LogP contribution in [0.5, 0.6) is 0 Å². The van der Waals surface area contributed by atoms with Crippen LogP contribution in [0.15, 0.2) is 54.3 Å². The van der Waals surface area contributed by atoms with Crippen LogP contribution < -0.4 is 5.32 Å². The number of rotatable bonds is 7. The Morgan fingerprint density at radius 3 is 2.89 bits per heavy atom. The van der Waals surface area contributed by atoms with Crippen molar-refractivity contribution >= 4 is 28.9 Å². The number of aromatic nitrogens is 5. The smallest absolute Gasteiger partial charge is 0.258 e. The number of halogens is 2. The topological polar surface area (TPSA) is 109 Å². The molecule has 1 amide bonds. The quantitative estimate of drug-likeness (QED) is 0.402.